The molecule has 5 heteroatoms. The second kappa shape index (κ2) is 7.90. The summed E-state index contributed by atoms with van der Waals surface area (Å²) in [6, 6.07) is 6.08. The number of pyridine rings is 1. The molecule has 4 nitrogen and oxygen atoms in total. The molecule has 0 aromatic carbocycles. The van der Waals surface area contributed by atoms with Crippen LogP contribution in [0.1, 0.15) is 52.1 Å². The van der Waals surface area contributed by atoms with Gasteiger partial charge in [-0.15, -0.1) is 0 Å². The van der Waals surface area contributed by atoms with Crippen molar-refractivity contribution in [2.45, 2.75) is 53.0 Å². The molecule has 0 radical (unpaired) electrons. The van der Waals surface area contributed by atoms with E-state index in [9.17, 15) is 13.0 Å². The summed E-state index contributed by atoms with van der Waals surface area (Å²) in [6.07, 6.45) is 3.43. The summed E-state index contributed by atoms with van der Waals surface area (Å²) < 4.78 is 34.3. The average molecular weight is 313 g/mol. The van der Waals surface area contributed by atoms with E-state index in [1.54, 1.807) is 0 Å². The largest absolute Gasteiger partial charge is 0.748 e. The second-order valence-electron chi connectivity index (χ2n) is 6.41. The van der Waals surface area contributed by atoms with Crippen LogP contribution in [0.3, 0.4) is 0 Å². The van der Waals surface area contributed by atoms with Gasteiger partial charge in [0, 0.05) is 30.2 Å². The SMILES string of the molecule is CC(C)CC(c1cccc[n+]1CCCS(=O)(=O)[O-])C(C)C. The number of rotatable bonds is 8. The lowest BCUT2D eigenvalue weighted by molar-refractivity contribution is -0.705. The van der Waals surface area contributed by atoms with Crippen molar-refractivity contribution in [3.05, 3.63) is 30.1 Å². The summed E-state index contributed by atoms with van der Waals surface area (Å²) in [4.78, 5) is 0. The lowest BCUT2D eigenvalue weighted by Gasteiger charge is -2.21. The maximum absolute atomic E-state index is 10.7. The predicted molar refractivity (Wildman–Crippen MR) is 82.9 cm³/mol. The van der Waals surface area contributed by atoms with Crippen LogP contribution < -0.4 is 4.57 Å². The first-order valence-electron chi connectivity index (χ1n) is 7.62. The highest BCUT2D eigenvalue weighted by Gasteiger charge is 2.25. The molecule has 0 saturated carbocycles. The fourth-order valence-corrected chi connectivity index (χ4v) is 3.17. The number of aromatic nitrogens is 1. The topological polar surface area (TPSA) is 61.1 Å². The highest BCUT2D eigenvalue weighted by Crippen LogP contribution is 2.28. The van der Waals surface area contributed by atoms with Crippen molar-refractivity contribution in [1.29, 1.82) is 0 Å². The van der Waals surface area contributed by atoms with Gasteiger partial charge < -0.3 is 4.55 Å². The smallest absolute Gasteiger partial charge is 0.184 e. The number of hydrogen-bond donors (Lipinski definition) is 0. The molecule has 21 heavy (non-hydrogen) atoms. The van der Waals surface area contributed by atoms with Gasteiger partial charge in [-0.1, -0.05) is 33.8 Å². The summed E-state index contributed by atoms with van der Waals surface area (Å²) in [5, 5.41) is 0. The first kappa shape index (κ1) is 18.1. The summed E-state index contributed by atoms with van der Waals surface area (Å²) in [5.74, 6) is 1.26. The fourth-order valence-electron chi connectivity index (χ4n) is 2.68. The molecule has 1 aromatic heterocycles. The van der Waals surface area contributed by atoms with Crippen molar-refractivity contribution in [3.8, 4) is 0 Å². The molecule has 0 aliphatic rings. The minimum absolute atomic E-state index is 0.301. The number of aryl methyl sites for hydroxylation is 1. The van der Waals surface area contributed by atoms with Crippen LogP contribution in [0.15, 0.2) is 24.4 Å². The van der Waals surface area contributed by atoms with Gasteiger partial charge in [0.2, 0.25) is 0 Å². The van der Waals surface area contributed by atoms with Gasteiger partial charge >= 0.3 is 0 Å². The van der Waals surface area contributed by atoms with Crippen LogP contribution in [0.25, 0.3) is 0 Å². The van der Waals surface area contributed by atoms with Crippen molar-refractivity contribution in [2.75, 3.05) is 5.75 Å². The Hall–Kier alpha value is -0.940. The first-order valence-corrected chi connectivity index (χ1v) is 9.20. The van der Waals surface area contributed by atoms with Crippen LogP contribution in [0, 0.1) is 11.8 Å². The summed E-state index contributed by atoms with van der Waals surface area (Å²) in [7, 11) is -4.13. The molecule has 0 bridgehead atoms. The molecule has 1 unspecified atom stereocenters. The second-order valence-corrected chi connectivity index (χ2v) is 7.94. The molecule has 1 rings (SSSR count). The Morgan fingerprint density at radius 2 is 1.86 bits per heavy atom. The molecular weight excluding hydrogens is 286 g/mol. The Morgan fingerprint density at radius 3 is 2.38 bits per heavy atom. The quantitative estimate of drug-likeness (QED) is 0.547. The Morgan fingerprint density at radius 1 is 1.19 bits per heavy atom. The van der Waals surface area contributed by atoms with Crippen LogP contribution in [-0.2, 0) is 16.7 Å². The Kier molecular flexibility index (Phi) is 6.81. The summed E-state index contributed by atoms with van der Waals surface area (Å²) in [6.45, 7) is 9.43. The number of hydrogen-bond acceptors (Lipinski definition) is 3. The molecule has 0 spiro atoms. The molecule has 120 valence electrons. The van der Waals surface area contributed by atoms with E-state index in [-0.39, 0.29) is 5.75 Å². The Labute approximate surface area is 129 Å². The molecule has 0 aliphatic carbocycles. The predicted octanol–water partition coefficient (Wildman–Crippen LogP) is 2.70. The van der Waals surface area contributed by atoms with Gasteiger partial charge in [0.15, 0.2) is 11.9 Å². The van der Waals surface area contributed by atoms with E-state index >= 15 is 0 Å². The summed E-state index contributed by atoms with van der Waals surface area (Å²) >= 11 is 0. The maximum Gasteiger partial charge on any atom is 0.184 e. The zero-order chi connectivity index (χ0) is 16.0. The average Bonchev–Trinajstić information content (AvgIpc) is 2.35. The summed E-state index contributed by atoms with van der Waals surface area (Å²) in [5.41, 5.74) is 1.23. The van der Waals surface area contributed by atoms with Crippen molar-refractivity contribution in [1.82, 2.24) is 0 Å². The molecule has 0 N–H and O–H groups in total. The third-order valence-electron chi connectivity index (χ3n) is 3.68. The van der Waals surface area contributed by atoms with Crippen molar-refractivity contribution < 1.29 is 17.5 Å². The lowest BCUT2D eigenvalue weighted by atomic mass is 9.84. The van der Waals surface area contributed by atoms with Crippen LogP contribution in [0.5, 0.6) is 0 Å². The van der Waals surface area contributed by atoms with Gasteiger partial charge in [0.05, 0.1) is 10.1 Å². The van der Waals surface area contributed by atoms with Gasteiger partial charge in [-0.2, -0.15) is 0 Å². The van der Waals surface area contributed by atoms with Crippen molar-refractivity contribution in [2.24, 2.45) is 11.8 Å². The van der Waals surface area contributed by atoms with Gasteiger partial charge in [-0.3, -0.25) is 0 Å². The molecule has 0 aliphatic heterocycles. The minimum Gasteiger partial charge on any atom is -0.748 e. The van der Waals surface area contributed by atoms with E-state index in [0.717, 1.165) is 6.42 Å². The van der Waals surface area contributed by atoms with Gasteiger partial charge in [0.1, 0.15) is 6.54 Å². The normalized spacial score (nSPS) is 13.9. The number of nitrogens with zero attached hydrogens (tertiary/aromatic N) is 1. The Bertz CT molecular complexity index is 538. The molecule has 0 fully saturated rings. The van der Waals surface area contributed by atoms with Crippen LogP contribution >= 0.6 is 0 Å². The van der Waals surface area contributed by atoms with Crippen LogP contribution in [0.2, 0.25) is 0 Å². The molecule has 0 amide bonds. The molecular formula is C16H27NO3S. The molecule has 1 heterocycles. The highest BCUT2D eigenvalue weighted by molar-refractivity contribution is 7.85. The molecule has 0 saturated heterocycles. The third kappa shape index (κ3) is 6.57. The van der Waals surface area contributed by atoms with Crippen LogP contribution in [-0.4, -0.2) is 18.7 Å². The van der Waals surface area contributed by atoms with E-state index in [1.807, 2.05) is 18.3 Å². The van der Waals surface area contributed by atoms with E-state index in [0.29, 0.717) is 30.7 Å². The lowest BCUT2D eigenvalue weighted by Crippen LogP contribution is -2.41. The van der Waals surface area contributed by atoms with Gasteiger partial charge in [0.25, 0.3) is 0 Å². The maximum atomic E-state index is 10.7. The van der Waals surface area contributed by atoms with Gasteiger partial charge in [-0.05, 0) is 18.3 Å². The first-order chi connectivity index (χ1) is 9.70. The van der Waals surface area contributed by atoms with Crippen molar-refractivity contribution >= 4 is 10.1 Å². The van der Waals surface area contributed by atoms with Gasteiger partial charge in [-0.25, -0.2) is 13.0 Å². The Balaban J connectivity index is 2.90. The van der Waals surface area contributed by atoms with E-state index in [2.05, 4.69) is 38.3 Å². The van der Waals surface area contributed by atoms with E-state index < -0.39 is 10.1 Å². The molecule has 1 atom stereocenters. The van der Waals surface area contributed by atoms with E-state index in [1.165, 1.54) is 5.69 Å². The van der Waals surface area contributed by atoms with Crippen molar-refractivity contribution in [3.63, 3.8) is 0 Å². The van der Waals surface area contributed by atoms with E-state index in [4.69, 9.17) is 0 Å². The fraction of sp³-hybridized carbons (Fsp3) is 0.688. The standard InChI is InChI=1S/C16H27NO3S/c1-13(2)12-15(14(3)4)16-8-5-6-9-17(16)10-7-11-21(18,19)20/h5-6,8-9,13-15H,7,10-12H2,1-4H3. The zero-order valence-corrected chi connectivity index (χ0v) is 14.3. The third-order valence-corrected chi connectivity index (χ3v) is 4.47. The highest BCUT2D eigenvalue weighted by atomic mass is 32.2. The molecule has 1 aromatic rings. The minimum atomic E-state index is -4.13. The van der Waals surface area contributed by atoms with Crippen LogP contribution in [0.4, 0.5) is 0 Å². The monoisotopic (exact) mass is 313 g/mol. The zero-order valence-electron chi connectivity index (χ0n) is 13.5.